The number of hydrogen-bond donors (Lipinski definition) is 0. The van der Waals surface area contributed by atoms with E-state index >= 15 is 0 Å². The maximum absolute atomic E-state index is 5.28. The fourth-order valence-electron chi connectivity index (χ4n) is 1.25. The molecule has 0 aromatic rings. The highest BCUT2D eigenvalue weighted by atomic mass is 16.5. The molecule has 0 aliphatic heterocycles. The van der Waals surface area contributed by atoms with Crippen molar-refractivity contribution in [2.24, 2.45) is 0 Å². The number of rotatable bonds is 10. The summed E-state index contributed by atoms with van der Waals surface area (Å²) in [5.74, 6) is 0. The standard InChI is InChI=1S/C12H23O/c1-3-5-6-7-8-9-10-12-13-11-4-2/h4H,1-3,5-12H2. The van der Waals surface area contributed by atoms with Crippen molar-refractivity contribution in [2.75, 3.05) is 13.2 Å². The molecule has 0 aromatic heterocycles. The molecular weight excluding hydrogens is 160 g/mol. The van der Waals surface area contributed by atoms with Crippen molar-refractivity contribution in [3.05, 3.63) is 19.6 Å². The van der Waals surface area contributed by atoms with Gasteiger partial charge in [0.1, 0.15) is 0 Å². The molecule has 0 saturated carbocycles. The van der Waals surface area contributed by atoms with Crippen LogP contribution < -0.4 is 0 Å². The minimum absolute atomic E-state index is 0.696. The van der Waals surface area contributed by atoms with Gasteiger partial charge in [-0.3, -0.25) is 0 Å². The van der Waals surface area contributed by atoms with Gasteiger partial charge in [0.25, 0.3) is 0 Å². The molecule has 77 valence electrons. The topological polar surface area (TPSA) is 9.23 Å². The van der Waals surface area contributed by atoms with Crippen molar-refractivity contribution in [3.8, 4) is 0 Å². The quantitative estimate of drug-likeness (QED) is 0.370. The highest BCUT2D eigenvalue weighted by Gasteiger charge is 1.90. The largest absolute Gasteiger partial charge is 0.377 e. The molecule has 0 unspecified atom stereocenters. The van der Waals surface area contributed by atoms with Crippen molar-refractivity contribution in [3.63, 3.8) is 0 Å². The third-order valence-electron chi connectivity index (χ3n) is 2.02. The monoisotopic (exact) mass is 183 g/mol. The maximum Gasteiger partial charge on any atom is 0.0644 e. The Balaban J connectivity index is 2.79. The summed E-state index contributed by atoms with van der Waals surface area (Å²) < 4.78 is 5.28. The Morgan fingerprint density at radius 2 is 1.54 bits per heavy atom. The molecule has 0 aliphatic carbocycles. The molecule has 0 fully saturated rings. The normalized spacial score (nSPS) is 10.2. The Kier molecular flexibility index (Phi) is 11.4. The van der Waals surface area contributed by atoms with E-state index in [0.717, 1.165) is 13.0 Å². The highest BCUT2D eigenvalue weighted by Crippen LogP contribution is 2.06. The molecule has 0 saturated heterocycles. The van der Waals surface area contributed by atoms with Gasteiger partial charge in [0.05, 0.1) is 6.61 Å². The third kappa shape index (κ3) is 11.7. The van der Waals surface area contributed by atoms with Gasteiger partial charge in [0, 0.05) is 6.61 Å². The van der Waals surface area contributed by atoms with Crippen LogP contribution in [0.1, 0.15) is 44.9 Å². The molecule has 13 heavy (non-hydrogen) atoms. The van der Waals surface area contributed by atoms with Crippen molar-refractivity contribution in [2.45, 2.75) is 44.9 Å². The molecule has 1 radical (unpaired) electrons. The van der Waals surface area contributed by atoms with Crippen LogP contribution in [0.4, 0.5) is 0 Å². The van der Waals surface area contributed by atoms with Crippen LogP contribution in [0.5, 0.6) is 0 Å². The first-order chi connectivity index (χ1) is 6.41. The summed E-state index contributed by atoms with van der Waals surface area (Å²) in [6.45, 7) is 9.01. The second-order valence-corrected chi connectivity index (χ2v) is 3.34. The number of ether oxygens (including phenoxy) is 1. The molecule has 0 spiro atoms. The molecule has 0 heterocycles. The maximum atomic E-state index is 5.28. The van der Waals surface area contributed by atoms with Crippen LogP contribution in [0.3, 0.4) is 0 Å². The Labute approximate surface area is 83.2 Å². The molecule has 0 rings (SSSR count). The summed E-state index contributed by atoms with van der Waals surface area (Å²) in [6.07, 6.45) is 10.7. The van der Waals surface area contributed by atoms with Crippen LogP contribution >= 0.6 is 0 Å². The van der Waals surface area contributed by atoms with Gasteiger partial charge in [-0.05, 0) is 6.42 Å². The first kappa shape index (κ1) is 12.7. The number of hydrogen-bond acceptors (Lipinski definition) is 1. The van der Waals surface area contributed by atoms with E-state index in [1.54, 1.807) is 6.08 Å². The molecule has 0 amide bonds. The smallest absolute Gasteiger partial charge is 0.0644 e. The van der Waals surface area contributed by atoms with Gasteiger partial charge in [-0.2, -0.15) is 0 Å². The van der Waals surface area contributed by atoms with Gasteiger partial charge in [0.2, 0.25) is 0 Å². The van der Waals surface area contributed by atoms with E-state index in [4.69, 9.17) is 4.74 Å². The first-order valence-electron chi connectivity index (χ1n) is 5.39. The number of unbranched alkanes of at least 4 members (excludes halogenated alkanes) is 6. The van der Waals surface area contributed by atoms with Gasteiger partial charge in [-0.1, -0.05) is 51.5 Å². The van der Waals surface area contributed by atoms with Crippen molar-refractivity contribution in [1.29, 1.82) is 0 Å². The summed E-state index contributed by atoms with van der Waals surface area (Å²) in [4.78, 5) is 0. The van der Waals surface area contributed by atoms with E-state index < -0.39 is 0 Å². The molecule has 0 N–H and O–H groups in total. The lowest BCUT2D eigenvalue weighted by atomic mass is 10.1. The average molecular weight is 183 g/mol. The summed E-state index contributed by atoms with van der Waals surface area (Å²) in [5.41, 5.74) is 0. The van der Waals surface area contributed by atoms with Gasteiger partial charge in [0.15, 0.2) is 0 Å². The minimum Gasteiger partial charge on any atom is -0.377 e. The summed E-state index contributed by atoms with van der Waals surface area (Å²) >= 11 is 0. The lowest BCUT2D eigenvalue weighted by Crippen LogP contribution is -1.93. The molecule has 0 atom stereocenters. The predicted molar refractivity (Wildman–Crippen MR) is 58.7 cm³/mol. The van der Waals surface area contributed by atoms with Crippen LogP contribution in [0.25, 0.3) is 0 Å². The molecule has 0 aliphatic rings. The Morgan fingerprint density at radius 1 is 0.923 bits per heavy atom. The fourth-order valence-corrected chi connectivity index (χ4v) is 1.25. The van der Waals surface area contributed by atoms with Crippen molar-refractivity contribution >= 4 is 0 Å². The lowest BCUT2D eigenvalue weighted by molar-refractivity contribution is 0.157. The van der Waals surface area contributed by atoms with Crippen LogP contribution in [0, 0.1) is 6.92 Å². The highest BCUT2D eigenvalue weighted by molar-refractivity contribution is 4.63. The van der Waals surface area contributed by atoms with Crippen LogP contribution in [0.15, 0.2) is 12.7 Å². The Morgan fingerprint density at radius 3 is 2.15 bits per heavy atom. The van der Waals surface area contributed by atoms with Crippen molar-refractivity contribution in [1.82, 2.24) is 0 Å². The van der Waals surface area contributed by atoms with E-state index in [1.807, 2.05) is 0 Å². The third-order valence-corrected chi connectivity index (χ3v) is 2.02. The Bertz CT molecular complexity index is 99.3. The summed E-state index contributed by atoms with van der Waals surface area (Å²) in [7, 11) is 0. The van der Waals surface area contributed by atoms with E-state index in [-0.39, 0.29) is 0 Å². The fraction of sp³-hybridized carbons (Fsp3) is 0.750. The van der Waals surface area contributed by atoms with Gasteiger partial charge in [-0.25, -0.2) is 0 Å². The average Bonchev–Trinajstić information content (AvgIpc) is 2.16. The van der Waals surface area contributed by atoms with Gasteiger partial charge < -0.3 is 4.74 Å². The molecule has 1 heteroatoms. The van der Waals surface area contributed by atoms with Crippen LogP contribution in [-0.4, -0.2) is 13.2 Å². The predicted octanol–water partition coefficient (Wildman–Crippen LogP) is 3.75. The van der Waals surface area contributed by atoms with E-state index in [1.165, 1.54) is 38.5 Å². The van der Waals surface area contributed by atoms with Crippen LogP contribution in [0.2, 0.25) is 0 Å². The zero-order chi connectivity index (χ0) is 9.78. The van der Waals surface area contributed by atoms with E-state index in [2.05, 4.69) is 13.5 Å². The van der Waals surface area contributed by atoms with Gasteiger partial charge in [-0.15, -0.1) is 6.58 Å². The molecule has 1 nitrogen and oxygen atoms in total. The summed E-state index contributed by atoms with van der Waals surface area (Å²) in [6, 6.07) is 0. The van der Waals surface area contributed by atoms with E-state index in [0.29, 0.717) is 6.61 Å². The minimum atomic E-state index is 0.696. The Hall–Kier alpha value is -0.300. The second kappa shape index (κ2) is 11.7. The van der Waals surface area contributed by atoms with Crippen LogP contribution in [-0.2, 0) is 4.74 Å². The van der Waals surface area contributed by atoms with Gasteiger partial charge >= 0.3 is 0 Å². The zero-order valence-corrected chi connectivity index (χ0v) is 8.76. The molecule has 0 bridgehead atoms. The molecular formula is C12H23O. The second-order valence-electron chi connectivity index (χ2n) is 3.34. The zero-order valence-electron chi connectivity index (χ0n) is 8.76. The SMILES string of the molecule is [CH2]CCCCCCCCOCC=C. The van der Waals surface area contributed by atoms with E-state index in [9.17, 15) is 0 Å². The lowest BCUT2D eigenvalue weighted by Gasteiger charge is -2.01. The molecule has 0 aromatic carbocycles. The first-order valence-corrected chi connectivity index (χ1v) is 5.39. The van der Waals surface area contributed by atoms with Crippen molar-refractivity contribution < 1.29 is 4.74 Å². The summed E-state index contributed by atoms with van der Waals surface area (Å²) in [5, 5.41) is 0.